The molecule has 2 aliphatic rings. The molecule has 0 aromatic heterocycles. The van der Waals surface area contributed by atoms with Gasteiger partial charge in [-0.2, -0.15) is 0 Å². The van der Waals surface area contributed by atoms with Gasteiger partial charge in [0, 0.05) is 24.9 Å². The number of fused-ring (bicyclic) bond motifs is 3. The van der Waals surface area contributed by atoms with E-state index in [0.29, 0.717) is 25.1 Å². The fraction of sp³-hybridized carbons (Fsp3) is 0.391. The summed E-state index contributed by atoms with van der Waals surface area (Å²) in [6.45, 7) is 5.56. The molecule has 146 valence electrons. The van der Waals surface area contributed by atoms with Crippen molar-refractivity contribution in [2.75, 3.05) is 19.6 Å². The highest BCUT2D eigenvalue weighted by Gasteiger charge is 2.43. The van der Waals surface area contributed by atoms with Crippen LogP contribution in [0.1, 0.15) is 43.0 Å². The number of aryl methyl sites for hydroxylation is 1. The first kappa shape index (κ1) is 18.7. The van der Waals surface area contributed by atoms with E-state index in [-0.39, 0.29) is 42.1 Å². The summed E-state index contributed by atoms with van der Waals surface area (Å²) in [5.74, 6) is -0.406. The third-order valence-electron chi connectivity index (χ3n) is 5.95. The Balaban J connectivity index is 1.53. The number of halogens is 1. The highest BCUT2D eigenvalue weighted by Crippen LogP contribution is 2.41. The predicted octanol–water partition coefficient (Wildman–Crippen LogP) is 3.46. The van der Waals surface area contributed by atoms with Crippen molar-refractivity contribution in [1.29, 1.82) is 0 Å². The molecule has 5 heteroatoms. The Labute approximate surface area is 164 Å². The van der Waals surface area contributed by atoms with Crippen LogP contribution in [0.2, 0.25) is 0 Å². The van der Waals surface area contributed by atoms with Crippen molar-refractivity contribution < 1.29 is 14.0 Å². The van der Waals surface area contributed by atoms with E-state index >= 15 is 0 Å². The van der Waals surface area contributed by atoms with Crippen LogP contribution in [0.15, 0.2) is 48.5 Å². The molecule has 2 aromatic carbocycles. The number of nitrogens with zero attached hydrogens (tertiary/aromatic N) is 2. The molecule has 2 aromatic rings. The first-order valence-electron chi connectivity index (χ1n) is 9.77. The van der Waals surface area contributed by atoms with E-state index in [1.165, 1.54) is 11.6 Å². The Bertz CT molecular complexity index is 924. The number of hydrogen-bond acceptors (Lipinski definition) is 2. The van der Waals surface area contributed by atoms with E-state index in [0.717, 1.165) is 5.56 Å². The van der Waals surface area contributed by atoms with E-state index in [1.54, 1.807) is 23.1 Å². The van der Waals surface area contributed by atoms with Crippen molar-refractivity contribution in [1.82, 2.24) is 9.80 Å². The highest BCUT2D eigenvalue weighted by atomic mass is 19.1. The van der Waals surface area contributed by atoms with E-state index in [4.69, 9.17) is 0 Å². The quantitative estimate of drug-likeness (QED) is 0.818. The van der Waals surface area contributed by atoms with Crippen LogP contribution in [0.3, 0.4) is 0 Å². The van der Waals surface area contributed by atoms with Gasteiger partial charge >= 0.3 is 0 Å². The second kappa shape index (κ2) is 7.04. The number of benzene rings is 2. The van der Waals surface area contributed by atoms with Gasteiger partial charge in [0.25, 0.3) is 0 Å². The second-order valence-electron chi connectivity index (χ2n) is 8.37. The first-order valence-corrected chi connectivity index (χ1v) is 9.77. The van der Waals surface area contributed by atoms with Crippen molar-refractivity contribution in [3.63, 3.8) is 0 Å². The Kier molecular flexibility index (Phi) is 4.69. The van der Waals surface area contributed by atoms with Gasteiger partial charge in [0.2, 0.25) is 11.8 Å². The normalized spacial score (nSPS) is 20.5. The lowest BCUT2D eigenvalue weighted by Crippen LogP contribution is -2.58. The number of carbonyl (C=O) groups excluding carboxylic acids is 2. The van der Waals surface area contributed by atoms with Crippen LogP contribution in [-0.2, 0) is 21.4 Å². The third-order valence-corrected chi connectivity index (χ3v) is 5.95. The lowest BCUT2D eigenvalue weighted by Gasteiger charge is -2.49. The Morgan fingerprint density at radius 2 is 1.86 bits per heavy atom. The summed E-state index contributed by atoms with van der Waals surface area (Å²) in [7, 11) is 0. The van der Waals surface area contributed by atoms with Gasteiger partial charge in [0.05, 0.1) is 12.6 Å². The average molecular weight is 380 g/mol. The minimum Gasteiger partial charge on any atom is -0.331 e. The Hall–Kier alpha value is -2.69. The van der Waals surface area contributed by atoms with Gasteiger partial charge < -0.3 is 9.80 Å². The molecule has 1 atom stereocenters. The molecular weight excluding hydrogens is 355 g/mol. The van der Waals surface area contributed by atoms with Crippen molar-refractivity contribution in [2.45, 2.75) is 38.1 Å². The molecule has 28 heavy (non-hydrogen) atoms. The topological polar surface area (TPSA) is 40.6 Å². The second-order valence-corrected chi connectivity index (χ2v) is 8.37. The summed E-state index contributed by atoms with van der Waals surface area (Å²) in [5, 5.41) is 0. The summed E-state index contributed by atoms with van der Waals surface area (Å²) in [4.78, 5) is 29.2. The predicted molar refractivity (Wildman–Crippen MR) is 105 cm³/mol. The van der Waals surface area contributed by atoms with Crippen molar-refractivity contribution in [2.24, 2.45) is 0 Å². The molecule has 0 radical (unpaired) electrons. The zero-order valence-electron chi connectivity index (χ0n) is 16.3. The summed E-state index contributed by atoms with van der Waals surface area (Å²) < 4.78 is 13.8. The third kappa shape index (κ3) is 3.30. The Morgan fingerprint density at radius 1 is 1.14 bits per heavy atom. The lowest BCUT2D eigenvalue weighted by molar-refractivity contribution is -0.150. The molecule has 0 bridgehead atoms. The van der Waals surface area contributed by atoms with Crippen molar-refractivity contribution in [3.05, 3.63) is 71.0 Å². The zero-order chi connectivity index (χ0) is 19.9. The van der Waals surface area contributed by atoms with Crippen LogP contribution in [0.25, 0.3) is 0 Å². The Morgan fingerprint density at radius 3 is 2.64 bits per heavy atom. The van der Waals surface area contributed by atoms with Crippen LogP contribution in [0, 0.1) is 5.82 Å². The highest BCUT2D eigenvalue weighted by molar-refractivity contribution is 5.87. The summed E-state index contributed by atoms with van der Waals surface area (Å²) in [6.07, 6.45) is 0.544. The van der Waals surface area contributed by atoms with Crippen molar-refractivity contribution in [3.8, 4) is 0 Å². The van der Waals surface area contributed by atoms with Crippen LogP contribution in [-0.4, -0.2) is 41.2 Å². The molecule has 0 saturated carbocycles. The maximum absolute atomic E-state index is 13.8. The van der Waals surface area contributed by atoms with Crippen LogP contribution < -0.4 is 0 Å². The average Bonchev–Trinajstić information content (AvgIpc) is 2.68. The zero-order valence-corrected chi connectivity index (χ0v) is 16.3. The molecule has 2 heterocycles. The maximum atomic E-state index is 13.8. The van der Waals surface area contributed by atoms with Gasteiger partial charge in [0.15, 0.2) is 0 Å². The smallest absolute Gasteiger partial charge is 0.242 e. The van der Waals surface area contributed by atoms with E-state index in [2.05, 4.69) is 26.0 Å². The van der Waals surface area contributed by atoms with Crippen molar-refractivity contribution >= 4 is 11.8 Å². The number of rotatable bonds is 3. The van der Waals surface area contributed by atoms with Crippen LogP contribution in [0.4, 0.5) is 4.39 Å². The summed E-state index contributed by atoms with van der Waals surface area (Å²) >= 11 is 0. The van der Waals surface area contributed by atoms with E-state index in [1.807, 2.05) is 17.0 Å². The minimum absolute atomic E-state index is 0.0157. The molecular formula is C23H25FN2O2. The molecule has 4 nitrogen and oxygen atoms in total. The number of carbonyl (C=O) groups is 2. The van der Waals surface area contributed by atoms with Crippen LogP contribution >= 0.6 is 0 Å². The molecule has 1 fully saturated rings. The summed E-state index contributed by atoms with van der Waals surface area (Å²) in [6, 6.07) is 14.6. The number of piperazine rings is 1. The maximum Gasteiger partial charge on any atom is 0.242 e. The van der Waals surface area contributed by atoms with Gasteiger partial charge in [-0.1, -0.05) is 56.3 Å². The number of hydrogen-bond donors (Lipinski definition) is 0. The first-order chi connectivity index (χ1) is 13.4. The molecule has 4 rings (SSSR count). The fourth-order valence-corrected chi connectivity index (χ4v) is 4.47. The minimum atomic E-state index is -0.292. The van der Waals surface area contributed by atoms with Gasteiger partial charge in [0.1, 0.15) is 5.82 Å². The van der Waals surface area contributed by atoms with Crippen LogP contribution in [0.5, 0.6) is 0 Å². The molecule has 1 saturated heterocycles. The summed E-state index contributed by atoms with van der Waals surface area (Å²) in [5.41, 5.74) is 2.79. The van der Waals surface area contributed by atoms with Gasteiger partial charge in [-0.15, -0.1) is 0 Å². The van der Waals surface area contributed by atoms with Gasteiger partial charge in [-0.3, -0.25) is 9.59 Å². The standard InChI is InChI=1S/C23H25FN2O2/c1-23(2)15-26-20(17-8-4-5-9-18(17)23)13-25(14-22(26)28)21(27)12-11-16-7-3-6-10-19(16)24/h3-10,20H,11-15H2,1-2H3. The van der Waals surface area contributed by atoms with E-state index < -0.39 is 0 Å². The van der Waals surface area contributed by atoms with E-state index in [9.17, 15) is 14.0 Å². The molecule has 0 spiro atoms. The molecule has 0 aliphatic carbocycles. The monoisotopic (exact) mass is 380 g/mol. The molecule has 0 N–H and O–H groups in total. The molecule has 1 unspecified atom stereocenters. The van der Waals surface area contributed by atoms with Gasteiger partial charge in [-0.25, -0.2) is 4.39 Å². The van der Waals surface area contributed by atoms with Gasteiger partial charge in [-0.05, 0) is 29.2 Å². The SMILES string of the molecule is CC1(C)CN2C(=O)CN(C(=O)CCc3ccccc3F)CC2c2ccccc21. The number of amides is 2. The molecule has 2 amide bonds. The molecule has 2 aliphatic heterocycles. The fourth-order valence-electron chi connectivity index (χ4n) is 4.47. The largest absolute Gasteiger partial charge is 0.331 e. The lowest BCUT2D eigenvalue weighted by atomic mass is 9.75.